The van der Waals surface area contributed by atoms with Crippen LogP contribution in [0.2, 0.25) is 0 Å². The highest BCUT2D eigenvalue weighted by atomic mass is 16.2. The van der Waals surface area contributed by atoms with Gasteiger partial charge in [0, 0.05) is 35.9 Å². The second kappa shape index (κ2) is 6.44. The van der Waals surface area contributed by atoms with E-state index in [0.29, 0.717) is 0 Å². The van der Waals surface area contributed by atoms with Crippen molar-refractivity contribution >= 4 is 28.0 Å². The Labute approximate surface area is 162 Å². The first-order valence-electron chi connectivity index (χ1n) is 9.67. The Morgan fingerprint density at radius 1 is 1.07 bits per heavy atom. The molecular weight excluding hydrogens is 352 g/mol. The molecule has 1 aliphatic carbocycles. The molecule has 4 aromatic heterocycles. The van der Waals surface area contributed by atoms with Gasteiger partial charge in [0.05, 0.1) is 5.52 Å². The average molecular weight is 374 g/mol. The Bertz CT molecular complexity index is 1220. The van der Waals surface area contributed by atoms with Gasteiger partial charge >= 0.3 is 5.69 Å². The summed E-state index contributed by atoms with van der Waals surface area (Å²) in [7, 11) is 0. The highest BCUT2D eigenvalue weighted by Crippen LogP contribution is 2.35. The van der Waals surface area contributed by atoms with Gasteiger partial charge in [-0.25, -0.2) is 19.7 Å². The number of anilines is 1. The van der Waals surface area contributed by atoms with Gasteiger partial charge in [-0.15, -0.1) is 0 Å². The van der Waals surface area contributed by atoms with E-state index in [1.54, 1.807) is 12.4 Å². The average Bonchev–Trinajstić information content (AvgIpc) is 2.96. The topological polar surface area (TPSA) is 77.6 Å². The predicted octanol–water partition coefficient (Wildman–Crippen LogP) is 3.54. The minimum atomic E-state index is 0.0279. The normalized spacial score (nSPS) is 19.2. The first-order valence-corrected chi connectivity index (χ1v) is 9.67. The monoisotopic (exact) mass is 374 g/mol. The van der Waals surface area contributed by atoms with Gasteiger partial charge in [-0.2, -0.15) is 0 Å². The Morgan fingerprint density at radius 3 is 2.68 bits per heavy atom. The minimum absolute atomic E-state index is 0.0279. The smallest absolute Gasteiger partial charge is 0.330 e. The number of pyridine rings is 3. The van der Waals surface area contributed by atoms with Crippen LogP contribution in [0.5, 0.6) is 0 Å². The van der Waals surface area contributed by atoms with Crippen LogP contribution in [-0.4, -0.2) is 30.1 Å². The zero-order valence-corrected chi connectivity index (χ0v) is 15.9. The molecule has 1 fully saturated rings. The van der Waals surface area contributed by atoms with Gasteiger partial charge in [-0.1, -0.05) is 0 Å². The van der Waals surface area contributed by atoms with Crippen LogP contribution in [-0.2, 0) is 0 Å². The van der Waals surface area contributed by atoms with E-state index in [1.165, 1.54) is 0 Å². The van der Waals surface area contributed by atoms with Gasteiger partial charge in [0.15, 0.2) is 11.3 Å². The highest BCUT2D eigenvalue weighted by Gasteiger charge is 2.34. The summed E-state index contributed by atoms with van der Waals surface area (Å²) in [6.45, 7) is 4.06. The predicted molar refractivity (Wildman–Crippen MR) is 110 cm³/mol. The maximum Gasteiger partial charge on any atom is 0.330 e. The Kier molecular flexibility index (Phi) is 3.89. The van der Waals surface area contributed by atoms with Crippen molar-refractivity contribution in [2.45, 2.75) is 44.8 Å². The van der Waals surface area contributed by atoms with Gasteiger partial charge < -0.3 is 5.32 Å². The highest BCUT2D eigenvalue weighted by molar-refractivity contribution is 5.76. The fourth-order valence-electron chi connectivity index (χ4n) is 4.06. The molecule has 4 heterocycles. The van der Waals surface area contributed by atoms with Crippen molar-refractivity contribution in [2.75, 3.05) is 5.32 Å². The zero-order valence-electron chi connectivity index (χ0n) is 15.9. The zero-order chi connectivity index (χ0) is 19.3. The first kappa shape index (κ1) is 16.9. The molecule has 1 N–H and O–H groups in total. The molecule has 7 nitrogen and oxygen atoms in total. The lowest BCUT2D eigenvalue weighted by molar-refractivity contribution is 0.278. The molecule has 7 heteroatoms. The first-order chi connectivity index (χ1) is 13.6. The number of fused-ring (bicyclic) bond motifs is 2. The summed E-state index contributed by atoms with van der Waals surface area (Å²) in [5.41, 5.74) is 2.45. The van der Waals surface area contributed by atoms with Crippen molar-refractivity contribution in [2.24, 2.45) is 0 Å². The third kappa shape index (κ3) is 2.66. The molecule has 4 aromatic rings. The van der Waals surface area contributed by atoms with E-state index in [9.17, 15) is 4.79 Å². The van der Waals surface area contributed by atoms with Crippen molar-refractivity contribution in [3.05, 3.63) is 59.3 Å². The van der Waals surface area contributed by atoms with Gasteiger partial charge in [0.2, 0.25) is 0 Å². The second-order valence-corrected chi connectivity index (χ2v) is 7.68. The SMILES string of the molecule is CC(C)n1c(=O)n([C@H]2C[C@H](Nc3ccc4cccnc4n3)C2)c2ncccc21. The lowest BCUT2D eigenvalue weighted by Gasteiger charge is -2.36. The Balaban J connectivity index is 1.38. The number of rotatable bonds is 4. The van der Waals surface area contributed by atoms with E-state index in [0.717, 1.165) is 40.9 Å². The van der Waals surface area contributed by atoms with E-state index < -0.39 is 0 Å². The summed E-state index contributed by atoms with van der Waals surface area (Å²) in [5.74, 6) is 0.824. The quantitative estimate of drug-likeness (QED) is 0.591. The third-order valence-corrected chi connectivity index (χ3v) is 5.48. The number of nitrogens with one attached hydrogen (secondary N) is 1. The van der Waals surface area contributed by atoms with Crippen LogP contribution in [0.25, 0.3) is 22.2 Å². The molecule has 0 aromatic carbocycles. The van der Waals surface area contributed by atoms with Gasteiger partial charge in [0.1, 0.15) is 5.82 Å². The van der Waals surface area contributed by atoms with Crippen LogP contribution >= 0.6 is 0 Å². The summed E-state index contributed by atoms with van der Waals surface area (Å²) < 4.78 is 3.70. The molecule has 1 aliphatic rings. The minimum Gasteiger partial charge on any atom is -0.367 e. The van der Waals surface area contributed by atoms with E-state index in [2.05, 4.69) is 20.3 Å². The molecule has 142 valence electrons. The third-order valence-electron chi connectivity index (χ3n) is 5.48. The lowest BCUT2D eigenvalue weighted by Crippen LogP contribution is -2.41. The second-order valence-electron chi connectivity index (χ2n) is 7.68. The molecule has 0 spiro atoms. The number of hydrogen-bond acceptors (Lipinski definition) is 5. The van der Waals surface area contributed by atoms with Crippen molar-refractivity contribution in [3.8, 4) is 0 Å². The molecule has 28 heavy (non-hydrogen) atoms. The molecule has 0 saturated heterocycles. The maximum absolute atomic E-state index is 13.0. The summed E-state index contributed by atoms with van der Waals surface area (Å²) in [4.78, 5) is 26.4. The molecule has 0 unspecified atom stereocenters. The summed E-state index contributed by atoms with van der Waals surface area (Å²) in [6.07, 6.45) is 5.25. The largest absolute Gasteiger partial charge is 0.367 e. The lowest BCUT2D eigenvalue weighted by atomic mass is 9.86. The Morgan fingerprint density at radius 2 is 1.86 bits per heavy atom. The van der Waals surface area contributed by atoms with E-state index in [4.69, 9.17) is 0 Å². The van der Waals surface area contributed by atoms with Crippen molar-refractivity contribution in [1.82, 2.24) is 24.1 Å². The van der Waals surface area contributed by atoms with Crippen molar-refractivity contribution < 1.29 is 0 Å². The molecule has 5 rings (SSSR count). The molecule has 0 amide bonds. The standard InChI is InChI=1S/C21H22N6O/c1-13(2)26-17-6-4-10-23-20(17)27(21(26)28)16-11-15(12-16)24-18-8-7-14-5-3-9-22-19(14)25-18/h3-10,13,15-16H,11-12H2,1-2H3,(H,22,24,25)/t15-,16-. The van der Waals surface area contributed by atoms with Gasteiger partial charge in [-0.3, -0.25) is 9.13 Å². The van der Waals surface area contributed by atoms with Crippen molar-refractivity contribution in [3.63, 3.8) is 0 Å². The number of aromatic nitrogens is 5. The fourth-order valence-corrected chi connectivity index (χ4v) is 4.06. The van der Waals surface area contributed by atoms with Crippen LogP contribution in [0.1, 0.15) is 38.8 Å². The number of hydrogen-bond donors (Lipinski definition) is 1. The fraction of sp³-hybridized carbons (Fsp3) is 0.333. The molecule has 0 radical (unpaired) electrons. The van der Waals surface area contributed by atoms with E-state index >= 15 is 0 Å². The number of imidazole rings is 1. The molecule has 0 bridgehead atoms. The van der Waals surface area contributed by atoms with E-state index in [-0.39, 0.29) is 23.8 Å². The summed E-state index contributed by atoms with van der Waals surface area (Å²) >= 11 is 0. The summed E-state index contributed by atoms with van der Waals surface area (Å²) in [5, 5.41) is 4.50. The maximum atomic E-state index is 13.0. The van der Waals surface area contributed by atoms with E-state index in [1.807, 2.05) is 59.4 Å². The molecular formula is C21H22N6O. The molecule has 1 saturated carbocycles. The van der Waals surface area contributed by atoms with Crippen LogP contribution in [0.4, 0.5) is 5.82 Å². The molecule has 0 aliphatic heterocycles. The summed E-state index contributed by atoms with van der Waals surface area (Å²) in [6, 6.07) is 12.3. The van der Waals surface area contributed by atoms with Gasteiger partial charge in [-0.05, 0) is 63.1 Å². The van der Waals surface area contributed by atoms with Crippen LogP contribution in [0.15, 0.2) is 53.6 Å². The van der Waals surface area contributed by atoms with Gasteiger partial charge in [0.25, 0.3) is 0 Å². The number of nitrogens with zero attached hydrogens (tertiary/aromatic N) is 5. The Hall–Kier alpha value is -3.22. The van der Waals surface area contributed by atoms with Crippen molar-refractivity contribution in [1.29, 1.82) is 0 Å². The van der Waals surface area contributed by atoms with Crippen LogP contribution < -0.4 is 11.0 Å². The van der Waals surface area contributed by atoms with Crippen LogP contribution in [0.3, 0.4) is 0 Å². The molecule has 0 atom stereocenters. The van der Waals surface area contributed by atoms with Crippen LogP contribution in [0, 0.1) is 0 Å².